The fourth-order valence-electron chi connectivity index (χ4n) is 3.46. The maximum Gasteiger partial charge on any atom is 0.234 e. The molecule has 0 saturated carbocycles. The van der Waals surface area contributed by atoms with E-state index >= 15 is 0 Å². The van der Waals surface area contributed by atoms with Crippen molar-refractivity contribution in [2.24, 2.45) is 0 Å². The third kappa shape index (κ3) is 6.05. The highest BCUT2D eigenvalue weighted by Crippen LogP contribution is 2.26. The Morgan fingerprint density at radius 3 is 2.34 bits per heavy atom. The van der Waals surface area contributed by atoms with Crippen molar-refractivity contribution in [1.82, 2.24) is 19.7 Å². The fraction of sp³-hybridized carbons (Fsp3) is 0.333. The Morgan fingerprint density at radius 2 is 1.75 bits per heavy atom. The van der Waals surface area contributed by atoms with Gasteiger partial charge in [-0.05, 0) is 57.3 Å². The standard InChI is InChI=1S/C24H29N5O2S/c1-5-21(28(3)4)23-26-27-24(29(23)15-18-9-7-6-8-10-18)32-16-22(31)25-20-13-11-19(12-14-20)17(2)30/h6-14,21H,5,15-16H2,1-4H3,(H,25,31)/t21-/m0/s1. The van der Waals surface area contributed by atoms with Gasteiger partial charge in [-0.15, -0.1) is 10.2 Å². The third-order valence-electron chi connectivity index (χ3n) is 5.14. The number of nitrogens with zero attached hydrogens (tertiary/aromatic N) is 4. The molecule has 0 bridgehead atoms. The van der Waals surface area contributed by atoms with Crippen LogP contribution in [0.4, 0.5) is 5.69 Å². The van der Waals surface area contributed by atoms with E-state index in [2.05, 4.69) is 44.0 Å². The summed E-state index contributed by atoms with van der Waals surface area (Å²) in [6, 6.07) is 17.2. The molecule has 1 amide bonds. The number of carbonyl (C=O) groups excluding carboxylic acids is 2. The van der Waals surface area contributed by atoms with Gasteiger partial charge >= 0.3 is 0 Å². The van der Waals surface area contributed by atoms with Crippen LogP contribution >= 0.6 is 11.8 Å². The van der Waals surface area contributed by atoms with Gasteiger partial charge in [0.25, 0.3) is 0 Å². The number of anilines is 1. The van der Waals surface area contributed by atoms with E-state index in [1.807, 2.05) is 32.3 Å². The Bertz CT molecular complexity index is 1050. The van der Waals surface area contributed by atoms with Gasteiger partial charge in [-0.2, -0.15) is 0 Å². The van der Waals surface area contributed by atoms with Crippen LogP contribution in [-0.2, 0) is 11.3 Å². The molecule has 0 spiro atoms. The molecule has 0 saturated heterocycles. The first-order valence-corrected chi connectivity index (χ1v) is 11.5. The lowest BCUT2D eigenvalue weighted by atomic mass is 10.1. The molecule has 32 heavy (non-hydrogen) atoms. The van der Waals surface area contributed by atoms with E-state index in [0.29, 0.717) is 23.0 Å². The van der Waals surface area contributed by atoms with Crippen molar-refractivity contribution >= 4 is 29.1 Å². The topological polar surface area (TPSA) is 80.1 Å². The molecule has 0 aliphatic rings. The van der Waals surface area contributed by atoms with Gasteiger partial charge in [0, 0.05) is 11.3 Å². The molecule has 1 heterocycles. The average molecular weight is 452 g/mol. The summed E-state index contributed by atoms with van der Waals surface area (Å²) >= 11 is 1.37. The zero-order chi connectivity index (χ0) is 23.1. The van der Waals surface area contributed by atoms with Crippen LogP contribution in [0.1, 0.15) is 48.1 Å². The number of hydrogen-bond acceptors (Lipinski definition) is 6. The minimum Gasteiger partial charge on any atom is -0.325 e. The second-order valence-corrected chi connectivity index (χ2v) is 8.71. The van der Waals surface area contributed by atoms with Gasteiger partial charge in [0.15, 0.2) is 16.8 Å². The van der Waals surface area contributed by atoms with Gasteiger partial charge in [-0.1, -0.05) is 49.0 Å². The minimum absolute atomic E-state index is 0.00454. The van der Waals surface area contributed by atoms with Crippen molar-refractivity contribution in [3.8, 4) is 0 Å². The van der Waals surface area contributed by atoms with Crippen LogP contribution in [0.5, 0.6) is 0 Å². The second kappa shape index (κ2) is 11.1. The zero-order valence-electron chi connectivity index (χ0n) is 18.9. The molecule has 3 aromatic rings. The van der Waals surface area contributed by atoms with E-state index in [-0.39, 0.29) is 23.5 Å². The van der Waals surface area contributed by atoms with E-state index in [4.69, 9.17) is 0 Å². The number of nitrogens with one attached hydrogen (secondary N) is 1. The number of amides is 1. The molecule has 0 radical (unpaired) electrons. The van der Waals surface area contributed by atoms with Gasteiger partial charge in [0.05, 0.1) is 18.3 Å². The molecule has 0 fully saturated rings. The van der Waals surface area contributed by atoms with Gasteiger partial charge in [0.2, 0.25) is 5.91 Å². The minimum atomic E-state index is -0.138. The molecular formula is C24H29N5O2S. The largest absolute Gasteiger partial charge is 0.325 e. The maximum atomic E-state index is 12.5. The normalized spacial score (nSPS) is 12.0. The fourth-order valence-corrected chi connectivity index (χ4v) is 4.21. The Balaban J connectivity index is 1.74. The van der Waals surface area contributed by atoms with E-state index in [1.54, 1.807) is 24.3 Å². The number of hydrogen-bond donors (Lipinski definition) is 1. The van der Waals surface area contributed by atoms with E-state index in [0.717, 1.165) is 17.8 Å². The van der Waals surface area contributed by atoms with Crippen molar-refractivity contribution in [2.45, 2.75) is 38.0 Å². The third-order valence-corrected chi connectivity index (χ3v) is 6.11. The van der Waals surface area contributed by atoms with Gasteiger partial charge in [-0.3, -0.25) is 14.5 Å². The summed E-state index contributed by atoms with van der Waals surface area (Å²) in [5.74, 6) is 0.959. The average Bonchev–Trinajstić information content (AvgIpc) is 3.15. The summed E-state index contributed by atoms with van der Waals surface area (Å²) in [6.07, 6.45) is 0.904. The van der Waals surface area contributed by atoms with Crippen LogP contribution in [0.2, 0.25) is 0 Å². The Morgan fingerprint density at radius 1 is 1.06 bits per heavy atom. The summed E-state index contributed by atoms with van der Waals surface area (Å²) in [6.45, 7) is 4.29. The van der Waals surface area contributed by atoms with E-state index in [9.17, 15) is 9.59 Å². The summed E-state index contributed by atoms with van der Waals surface area (Å²) < 4.78 is 2.10. The first kappa shape index (κ1) is 23.7. The number of Topliss-reactive ketones (excluding diaryl/α,β-unsaturated/α-hetero) is 1. The first-order valence-electron chi connectivity index (χ1n) is 10.6. The number of benzene rings is 2. The second-order valence-electron chi connectivity index (χ2n) is 7.77. The molecule has 0 aliphatic carbocycles. The number of carbonyl (C=O) groups is 2. The molecule has 0 aliphatic heterocycles. The molecule has 1 N–H and O–H groups in total. The molecule has 3 rings (SSSR count). The molecule has 0 unspecified atom stereocenters. The lowest BCUT2D eigenvalue weighted by Gasteiger charge is -2.23. The van der Waals surface area contributed by atoms with Crippen molar-refractivity contribution in [3.63, 3.8) is 0 Å². The summed E-state index contributed by atoms with van der Waals surface area (Å²) in [5, 5.41) is 12.5. The number of aromatic nitrogens is 3. The summed E-state index contributed by atoms with van der Waals surface area (Å²) in [7, 11) is 4.07. The molecular weight excluding hydrogens is 422 g/mol. The number of thioether (sulfide) groups is 1. The van der Waals surface area contributed by atoms with Crippen LogP contribution < -0.4 is 5.32 Å². The van der Waals surface area contributed by atoms with Crippen LogP contribution in [0.15, 0.2) is 59.8 Å². The molecule has 2 aromatic carbocycles. The van der Waals surface area contributed by atoms with Crippen LogP contribution in [0, 0.1) is 0 Å². The summed E-state index contributed by atoms with van der Waals surface area (Å²) in [5.41, 5.74) is 2.43. The van der Waals surface area contributed by atoms with Crippen molar-refractivity contribution < 1.29 is 9.59 Å². The Kier molecular flexibility index (Phi) is 8.19. The number of rotatable bonds is 10. The van der Waals surface area contributed by atoms with Crippen LogP contribution in [0.25, 0.3) is 0 Å². The van der Waals surface area contributed by atoms with Crippen LogP contribution in [0.3, 0.4) is 0 Å². The lowest BCUT2D eigenvalue weighted by Crippen LogP contribution is -2.23. The molecule has 7 nitrogen and oxygen atoms in total. The Hall–Kier alpha value is -2.97. The van der Waals surface area contributed by atoms with E-state index < -0.39 is 0 Å². The highest BCUT2D eigenvalue weighted by Gasteiger charge is 2.22. The van der Waals surface area contributed by atoms with Crippen LogP contribution in [-0.4, -0.2) is 51.2 Å². The predicted molar refractivity (Wildman–Crippen MR) is 128 cm³/mol. The molecule has 168 valence electrons. The zero-order valence-corrected chi connectivity index (χ0v) is 19.7. The molecule has 8 heteroatoms. The maximum absolute atomic E-state index is 12.5. The predicted octanol–water partition coefficient (Wildman–Crippen LogP) is 4.27. The SMILES string of the molecule is CC[C@@H](c1nnc(SCC(=O)Nc2ccc(C(C)=O)cc2)n1Cc1ccccc1)N(C)C. The lowest BCUT2D eigenvalue weighted by molar-refractivity contribution is -0.113. The van der Waals surface area contributed by atoms with Gasteiger partial charge in [-0.25, -0.2) is 0 Å². The quantitative estimate of drug-likeness (QED) is 0.366. The van der Waals surface area contributed by atoms with Crippen molar-refractivity contribution in [3.05, 3.63) is 71.5 Å². The van der Waals surface area contributed by atoms with Gasteiger partial charge in [0.1, 0.15) is 0 Å². The molecule has 1 aromatic heterocycles. The van der Waals surface area contributed by atoms with Crippen molar-refractivity contribution in [1.29, 1.82) is 0 Å². The Labute approximate surface area is 193 Å². The number of ketones is 1. The first-order chi connectivity index (χ1) is 15.4. The highest BCUT2D eigenvalue weighted by atomic mass is 32.2. The summed E-state index contributed by atoms with van der Waals surface area (Å²) in [4.78, 5) is 26.1. The van der Waals surface area contributed by atoms with E-state index in [1.165, 1.54) is 18.7 Å². The smallest absolute Gasteiger partial charge is 0.234 e. The monoisotopic (exact) mass is 451 g/mol. The van der Waals surface area contributed by atoms with Gasteiger partial charge < -0.3 is 9.88 Å². The van der Waals surface area contributed by atoms with Crippen molar-refractivity contribution in [2.75, 3.05) is 25.2 Å². The highest BCUT2D eigenvalue weighted by molar-refractivity contribution is 7.99. The molecule has 1 atom stereocenters.